The zero-order chi connectivity index (χ0) is 12.1. The minimum absolute atomic E-state index is 0.744. The minimum Gasteiger partial charge on any atom is -0.298 e. The van der Waals surface area contributed by atoms with Crippen molar-refractivity contribution in [3.63, 3.8) is 0 Å². The Balaban J connectivity index is 1.76. The molecule has 0 amide bonds. The molecule has 0 aromatic carbocycles. The highest BCUT2D eigenvalue weighted by Gasteiger charge is 2.32. The normalized spacial score (nSPS) is 31.1. The fourth-order valence-corrected chi connectivity index (χ4v) is 3.77. The fraction of sp³-hybridized carbons (Fsp3) is 0.857. The van der Waals surface area contributed by atoms with E-state index in [0.29, 0.717) is 0 Å². The summed E-state index contributed by atoms with van der Waals surface area (Å²) in [5.74, 6) is 2.35. The van der Waals surface area contributed by atoms with Crippen LogP contribution in [-0.2, 0) is 0 Å². The molecule has 2 unspecified atom stereocenters. The largest absolute Gasteiger partial charge is 0.298 e. The Morgan fingerprint density at radius 1 is 1.35 bits per heavy atom. The average molecular weight is 254 g/mol. The lowest BCUT2D eigenvalue weighted by Gasteiger charge is -2.47. The molecule has 2 atom stereocenters. The quantitative estimate of drug-likeness (QED) is 0.550. The number of rotatable bonds is 5. The standard InChI is InChI=1S/C14H26N2S/c1-3-9-17-10-8-15-12-14-6-4-5-7-16(14)11-13(15)2/h3,13-14H,1,4-12H2,2H3. The van der Waals surface area contributed by atoms with Crippen molar-refractivity contribution in [2.75, 3.05) is 37.7 Å². The molecule has 0 spiro atoms. The van der Waals surface area contributed by atoms with E-state index in [-0.39, 0.29) is 0 Å². The highest BCUT2D eigenvalue weighted by molar-refractivity contribution is 7.99. The van der Waals surface area contributed by atoms with Crippen LogP contribution in [0.5, 0.6) is 0 Å². The first-order valence-corrected chi connectivity index (χ1v) is 8.13. The van der Waals surface area contributed by atoms with E-state index in [1.165, 1.54) is 51.2 Å². The van der Waals surface area contributed by atoms with Gasteiger partial charge in [-0.2, -0.15) is 11.8 Å². The van der Waals surface area contributed by atoms with Crippen LogP contribution in [0.25, 0.3) is 0 Å². The lowest BCUT2D eigenvalue weighted by Crippen LogP contribution is -2.58. The lowest BCUT2D eigenvalue weighted by atomic mass is 9.97. The molecule has 2 aliphatic heterocycles. The molecule has 0 radical (unpaired) electrons. The monoisotopic (exact) mass is 254 g/mol. The summed E-state index contributed by atoms with van der Waals surface area (Å²) < 4.78 is 0. The van der Waals surface area contributed by atoms with Gasteiger partial charge in [0.2, 0.25) is 0 Å². The van der Waals surface area contributed by atoms with Crippen molar-refractivity contribution in [3.05, 3.63) is 12.7 Å². The Hall–Kier alpha value is 0.01000. The van der Waals surface area contributed by atoms with Crippen LogP contribution in [-0.4, -0.2) is 59.6 Å². The number of fused-ring (bicyclic) bond motifs is 1. The van der Waals surface area contributed by atoms with Gasteiger partial charge in [-0.1, -0.05) is 12.5 Å². The molecule has 2 saturated heterocycles. The van der Waals surface area contributed by atoms with E-state index in [2.05, 4.69) is 23.3 Å². The van der Waals surface area contributed by atoms with Crippen LogP contribution < -0.4 is 0 Å². The molecule has 0 aliphatic carbocycles. The van der Waals surface area contributed by atoms with Crippen molar-refractivity contribution in [3.8, 4) is 0 Å². The first-order valence-electron chi connectivity index (χ1n) is 6.98. The van der Waals surface area contributed by atoms with Gasteiger partial charge < -0.3 is 0 Å². The predicted molar refractivity (Wildman–Crippen MR) is 77.8 cm³/mol. The summed E-state index contributed by atoms with van der Waals surface area (Å²) in [7, 11) is 0. The Morgan fingerprint density at radius 3 is 3.06 bits per heavy atom. The second-order valence-corrected chi connectivity index (χ2v) is 6.50. The third-order valence-corrected chi connectivity index (χ3v) is 5.02. The average Bonchev–Trinajstić information content (AvgIpc) is 2.35. The van der Waals surface area contributed by atoms with E-state index in [0.717, 1.165) is 17.8 Å². The van der Waals surface area contributed by atoms with Gasteiger partial charge in [0.25, 0.3) is 0 Å². The number of hydrogen-bond acceptors (Lipinski definition) is 3. The fourth-order valence-electron chi connectivity index (χ4n) is 3.07. The Kier molecular flexibility index (Phi) is 5.39. The number of thioether (sulfide) groups is 1. The van der Waals surface area contributed by atoms with E-state index in [1.54, 1.807) is 0 Å². The van der Waals surface area contributed by atoms with Crippen molar-refractivity contribution >= 4 is 11.8 Å². The first kappa shape index (κ1) is 13.4. The van der Waals surface area contributed by atoms with Crippen molar-refractivity contribution in [2.24, 2.45) is 0 Å². The van der Waals surface area contributed by atoms with E-state index in [4.69, 9.17) is 0 Å². The van der Waals surface area contributed by atoms with E-state index in [9.17, 15) is 0 Å². The molecule has 0 aromatic rings. The molecular formula is C14H26N2S. The van der Waals surface area contributed by atoms with E-state index in [1.807, 2.05) is 17.8 Å². The van der Waals surface area contributed by atoms with Gasteiger partial charge in [-0.15, -0.1) is 6.58 Å². The van der Waals surface area contributed by atoms with Crippen LogP contribution in [0, 0.1) is 0 Å². The maximum absolute atomic E-state index is 3.77. The third kappa shape index (κ3) is 3.73. The van der Waals surface area contributed by atoms with Gasteiger partial charge in [0.15, 0.2) is 0 Å². The minimum atomic E-state index is 0.744. The molecular weight excluding hydrogens is 228 g/mol. The molecule has 2 nitrogen and oxygen atoms in total. The van der Waals surface area contributed by atoms with Crippen molar-refractivity contribution in [1.29, 1.82) is 0 Å². The summed E-state index contributed by atoms with van der Waals surface area (Å²) in [5, 5.41) is 0. The number of piperidine rings is 1. The predicted octanol–water partition coefficient (Wildman–Crippen LogP) is 2.46. The van der Waals surface area contributed by atoms with Crippen molar-refractivity contribution in [1.82, 2.24) is 9.80 Å². The Labute approximate surface area is 110 Å². The highest BCUT2D eigenvalue weighted by atomic mass is 32.2. The highest BCUT2D eigenvalue weighted by Crippen LogP contribution is 2.24. The summed E-state index contributed by atoms with van der Waals surface area (Å²) in [6.45, 7) is 11.3. The van der Waals surface area contributed by atoms with Crippen LogP contribution >= 0.6 is 11.8 Å². The summed E-state index contributed by atoms with van der Waals surface area (Å²) in [5.41, 5.74) is 0. The first-order chi connectivity index (χ1) is 8.31. The zero-order valence-corrected chi connectivity index (χ0v) is 11.9. The summed E-state index contributed by atoms with van der Waals surface area (Å²) in [4.78, 5) is 5.42. The molecule has 98 valence electrons. The maximum Gasteiger partial charge on any atom is 0.0223 e. The molecule has 2 rings (SSSR count). The van der Waals surface area contributed by atoms with E-state index < -0.39 is 0 Å². The van der Waals surface area contributed by atoms with Crippen LogP contribution in [0.3, 0.4) is 0 Å². The molecule has 0 aromatic heterocycles. The van der Waals surface area contributed by atoms with Crippen LogP contribution in [0.4, 0.5) is 0 Å². The number of piperazine rings is 1. The van der Waals surface area contributed by atoms with E-state index >= 15 is 0 Å². The molecule has 2 fully saturated rings. The second kappa shape index (κ2) is 6.81. The SMILES string of the molecule is C=CCSCCN1CC2CCCCN2CC1C. The molecule has 0 N–H and O–H groups in total. The van der Waals surface area contributed by atoms with Gasteiger partial charge >= 0.3 is 0 Å². The topological polar surface area (TPSA) is 6.48 Å². The van der Waals surface area contributed by atoms with Crippen molar-refractivity contribution < 1.29 is 0 Å². The molecule has 2 aliphatic rings. The molecule has 2 heterocycles. The third-order valence-electron chi connectivity index (χ3n) is 4.07. The maximum atomic E-state index is 3.77. The molecule has 0 saturated carbocycles. The van der Waals surface area contributed by atoms with Gasteiger partial charge in [0, 0.05) is 43.2 Å². The molecule has 17 heavy (non-hydrogen) atoms. The van der Waals surface area contributed by atoms with Crippen molar-refractivity contribution in [2.45, 2.75) is 38.3 Å². The number of hydrogen-bond donors (Lipinski definition) is 0. The Bertz CT molecular complexity index is 244. The summed E-state index contributed by atoms with van der Waals surface area (Å²) in [6.07, 6.45) is 6.28. The lowest BCUT2D eigenvalue weighted by molar-refractivity contribution is 0.0188. The van der Waals surface area contributed by atoms with Gasteiger partial charge in [-0.25, -0.2) is 0 Å². The Morgan fingerprint density at radius 2 is 2.24 bits per heavy atom. The van der Waals surface area contributed by atoms with Gasteiger partial charge in [0.1, 0.15) is 0 Å². The number of nitrogens with zero attached hydrogens (tertiary/aromatic N) is 2. The summed E-state index contributed by atoms with van der Waals surface area (Å²) in [6, 6.07) is 1.60. The molecule has 3 heteroatoms. The second-order valence-electron chi connectivity index (χ2n) is 5.35. The van der Waals surface area contributed by atoms with Crippen LogP contribution in [0.1, 0.15) is 26.2 Å². The zero-order valence-electron chi connectivity index (χ0n) is 11.1. The summed E-state index contributed by atoms with van der Waals surface area (Å²) >= 11 is 2.00. The van der Waals surface area contributed by atoms with Gasteiger partial charge in [0.05, 0.1) is 0 Å². The van der Waals surface area contributed by atoms with Crippen LogP contribution in [0.15, 0.2) is 12.7 Å². The van der Waals surface area contributed by atoms with Gasteiger partial charge in [-0.05, 0) is 26.3 Å². The van der Waals surface area contributed by atoms with Gasteiger partial charge in [-0.3, -0.25) is 9.80 Å². The smallest absolute Gasteiger partial charge is 0.0223 e. The van der Waals surface area contributed by atoms with Crippen LogP contribution in [0.2, 0.25) is 0 Å². The molecule has 0 bridgehead atoms.